The van der Waals surface area contributed by atoms with Crippen LogP contribution in [0.2, 0.25) is 0 Å². The van der Waals surface area contributed by atoms with Gasteiger partial charge in [-0.1, -0.05) is 0 Å². The lowest BCUT2D eigenvalue weighted by atomic mass is 10.00. The largest absolute Gasteiger partial charge is 0.379 e. The van der Waals surface area contributed by atoms with Gasteiger partial charge in [0.05, 0.1) is 6.61 Å². The number of hydrogen-bond acceptors (Lipinski definition) is 3. The molecular weight excluding hydrogens is 176 g/mol. The Bertz CT molecular complexity index is 190. The predicted octanol–water partition coefficient (Wildman–Crippen LogP) is 0.707. The third-order valence-electron chi connectivity index (χ3n) is 3.74. The summed E-state index contributed by atoms with van der Waals surface area (Å²) in [6.07, 6.45) is 2.55. The van der Waals surface area contributed by atoms with Crippen molar-refractivity contribution in [3.8, 4) is 0 Å². The quantitative estimate of drug-likeness (QED) is 0.723. The summed E-state index contributed by atoms with van der Waals surface area (Å²) in [7, 11) is 2.04. The normalized spacial score (nSPS) is 39.4. The fourth-order valence-corrected chi connectivity index (χ4v) is 2.68. The first kappa shape index (κ1) is 10.4. The minimum absolute atomic E-state index is 0.336. The van der Waals surface area contributed by atoms with Crippen LogP contribution in [0, 0.1) is 5.92 Å². The Morgan fingerprint density at radius 3 is 3.07 bits per heavy atom. The molecule has 0 aliphatic carbocycles. The molecule has 2 fully saturated rings. The van der Waals surface area contributed by atoms with Crippen molar-refractivity contribution in [3.63, 3.8) is 0 Å². The van der Waals surface area contributed by atoms with Crippen molar-refractivity contribution in [3.05, 3.63) is 0 Å². The van der Waals surface area contributed by atoms with Gasteiger partial charge in [-0.3, -0.25) is 4.90 Å². The first-order valence-electron chi connectivity index (χ1n) is 5.72. The highest BCUT2D eigenvalue weighted by Gasteiger charge is 2.39. The molecule has 3 nitrogen and oxygen atoms in total. The summed E-state index contributed by atoms with van der Waals surface area (Å²) in [5, 5.41) is 3.28. The minimum atomic E-state index is 0.336. The number of nitrogens with one attached hydrogen (secondary N) is 1. The first-order chi connectivity index (χ1) is 6.74. The molecule has 82 valence electrons. The maximum Gasteiger partial charge on any atom is 0.0648 e. The van der Waals surface area contributed by atoms with E-state index in [4.69, 9.17) is 4.74 Å². The fraction of sp³-hybridized carbons (Fsp3) is 1.00. The van der Waals surface area contributed by atoms with E-state index in [1.54, 1.807) is 0 Å². The summed E-state index contributed by atoms with van der Waals surface area (Å²) >= 11 is 0. The zero-order valence-electron chi connectivity index (χ0n) is 9.38. The molecule has 3 heteroatoms. The van der Waals surface area contributed by atoms with Gasteiger partial charge >= 0.3 is 0 Å². The molecule has 0 amide bonds. The zero-order valence-corrected chi connectivity index (χ0v) is 9.38. The Balaban J connectivity index is 1.88. The van der Waals surface area contributed by atoms with Crippen LogP contribution >= 0.6 is 0 Å². The van der Waals surface area contributed by atoms with E-state index in [2.05, 4.69) is 17.1 Å². The highest BCUT2D eigenvalue weighted by molar-refractivity contribution is 4.93. The van der Waals surface area contributed by atoms with Gasteiger partial charge in [-0.05, 0) is 45.8 Å². The number of rotatable bonds is 3. The monoisotopic (exact) mass is 198 g/mol. The van der Waals surface area contributed by atoms with Crippen LogP contribution in [-0.2, 0) is 4.74 Å². The van der Waals surface area contributed by atoms with Gasteiger partial charge in [0.15, 0.2) is 0 Å². The van der Waals surface area contributed by atoms with E-state index in [-0.39, 0.29) is 0 Å². The van der Waals surface area contributed by atoms with Crippen molar-refractivity contribution in [2.75, 3.05) is 39.9 Å². The Morgan fingerprint density at radius 1 is 1.57 bits per heavy atom. The van der Waals surface area contributed by atoms with E-state index in [0.717, 1.165) is 25.7 Å². The lowest BCUT2D eigenvalue weighted by molar-refractivity contribution is 0.0969. The summed E-state index contributed by atoms with van der Waals surface area (Å²) in [4.78, 5) is 2.63. The molecule has 14 heavy (non-hydrogen) atoms. The molecule has 2 rings (SSSR count). The van der Waals surface area contributed by atoms with Crippen molar-refractivity contribution < 1.29 is 4.74 Å². The molecule has 0 aromatic carbocycles. The van der Waals surface area contributed by atoms with Gasteiger partial charge in [0, 0.05) is 18.7 Å². The van der Waals surface area contributed by atoms with Crippen LogP contribution in [-0.4, -0.2) is 50.3 Å². The third-order valence-corrected chi connectivity index (χ3v) is 3.74. The van der Waals surface area contributed by atoms with Gasteiger partial charge < -0.3 is 10.1 Å². The molecule has 2 aliphatic rings. The minimum Gasteiger partial charge on any atom is -0.379 e. The lowest BCUT2D eigenvalue weighted by Crippen LogP contribution is -2.45. The van der Waals surface area contributed by atoms with Crippen LogP contribution in [0.3, 0.4) is 0 Å². The summed E-state index contributed by atoms with van der Waals surface area (Å²) in [5.74, 6) is 0.845. The molecule has 2 aliphatic heterocycles. The summed E-state index contributed by atoms with van der Waals surface area (Å²) < 4.78 is 5.51. The second kappa shape index (κ2) is 4.17. The third kappa shape index (κ3) is 1.95. The highest BCUT2D eigenvalue weighted by Crippen LogP contribution is 2.30. The van der Waals surface area contributed by atoms with Crippen LogP contribution < -0.4 is 5.32 Å². The standard InChI is InChI=1S/C11H22N2O/c1-11(4-6-14-9-11)13-5-3-10(8-13)7-12-2/h10,12H,3-9H2,1-2H3. The molecular formula is C11H22N2O. The van der Waals surface area contributed by atoms with Crippen molar-refractivity contribution >= 4 is 0 Å². The second-order valence-electron chi connectivity index (χ2n) is 4.96. The lowest BCUT2D eigenvalue weighted by Gasteiger charge is -2.33. The van der Waals surface area contributed by atoms with E-state index >= 15 is 0 Å². The van der Waals surface area contributed by atoms with Crippen LogP contribution in [0.1, 0.15) is 19.8 Å². The van der Waals surface area contributed by atoms with Crippen molar-refractivity contribution in [2.45, 2.75) is 25.3 Å². The number of likely N-dealkylation sites (tertiary alicyclic amines) is 1. The van der Waals surface area contributed by atoms with E-state index in [9.17, 15) is 0 Å². The summed E-state index contributed by atoms with van der Waals surface area (Å²) in [5.41, 5.74) is 0.336. The average molecular weight is 198 g/mol. The summed E-state index contributed by atoms with van der Waals surface area (Å²) in [6, 6.07) is 0. The van der Waals surface area contributed by atoms with Crippen LogP contribution in [0.15, 0.2) is 0 Å². The van der Waals surface area contributed by atoms with Gasteiger partial charge in [-0.15, -0.1) is 0 Å². The van der Waals surface area contributed by atoms with E-state index < -0.39 is 0 Å². The van der Waals surface area contributed by atoms with Crippen molar-refractivity contribution in [2.24, 2.45) is 5.92 Å². The van der Waals surface area contributed by atoms with Crippen LogP contribution in [0.5, 0.6) is 0 Å². The molecule has 0 aromatic heterocycles. The van der Waals surface area contributed by atoms with Gasteiger partial charge in [-0.2, -0.15) is 0 Å². The van der Waals surface area contributed by atoms with E-state index in [1.807, 2.05) is 7.05 Å². The molecule has 0 saturated carbocycles. The van der Waals surface area contributed by atoms with Gasteiger partial charge in [0.1, 0.15) is 0 Å². The molecule has 0 spiro atoms. The average Bonchev–Trinajstić information content (AvgIpc) is 2.75. The zero-order chi connectivity index (χ0) is 10.0. The molecule has 0 radical (unpaired) electrons. The Labute approximate surface area is 86.8 Å². The Kier molecular flexibility index (Phi) is 3.10. The van der Waals surface area contributed by atoms with Crippen LogP contribution in [0.4, 0.5) is 0 Å². The Hall–Kier alpha value is -0.120. The van der Waals surface area contributed by atoms with Gasteiger partial charge in [0.25, 0.3) is 0 Å². The van der Waals surface area contributed by atoms with Crippen molar-refractivity contribution in [1.82, 2.24) is 10.2 Å². The number of hydrogen-bond donors (Lipinski definition) is 1. The predicted molar refractivity (Wildman–Crippen MR) is 57.4 cm³/mol. The van der Waals surface area contributed by atoms with Gasteiger partial charge in [-0.25, -0.2) is 0 Å². The van der Waals surface area contributed by atoms with Crippen molar-refractivity contribution in [1.29, 1.82) is 0 Å². The topological polar surface area (TPSA) is 24.5 Å². The SMILES string of the molecule is CNCC1CCN(C2(C)CCOC2)C1. The van der Waals surface area contributed by atoms with Gasteiger partial charge in [0.2, 0.25) is 0 Å². The maximum atomic E-state index is 5.51. The molecule has 0 bridgehead atoms. The number of ether oxygens (including phenoxy) is 1. The molecule has 0 aromatic rings. The second-order valence-corrected chi connectivity index (χ2v) is 4.96. The van der Waals surface area contributed by atoms with E-state index in [0.29, 0.717) is 5.54 Å². The van der Waals surface area contributed by atoms with E-state index in [1.165, 1.54) is 25.9 Å². The smallest absolute Gasteiger partial charge is 0.0648 e. The highest BCUT2D eigenvalue weighted by atomic mass is 16.5. The molecule has 2 saturated heterocycles. The molecule has 2 heterocycles. The molecule has 2 atom stereocenters. The number of nitrogens with zero attached hydrogens (tertiary/aromatic N) is 1. The summed E-state index contributed by atoms with van der Waals surface area (Å²) in [6.45, 7) is 7.89. The Morgan fingerprint density at radius 2 is 2.43 bits per heavy atom. The van der Waals surface area contributed by atoms with Crippen LogP contribution in [0.25, 0.3) is 0 Å². The molecule has 1 N–H and O–H groups in total. The molecule has 2 unspecified atom stereocenters. The first-order valence-corrected chi connectivity index (χ1v) is 5.72. The maximum absolute atomic E-state index is 5.51. The fourth-order valence-electron chi connectivity index (χ4n) is 2.68.